The van der Waals surface area contributed by atoms with Gasteiger partial charge in [0.1, 0.15) is 0 Å². The molecule has 3 atom stereocenters. The lowest BCUT2D eigenvalue weighted by atomic mass is 9.74. The summed E-state index contributed by atoms with van der Waals surface area (Å²) in [5.74, 6) is 0.135. The van der Waals surface area contributed by atoms with Crippen LogP contribution in [0.25, 0.3) is 0 Å². The molecule has 2 heteroatoms. The molecule has 0 saturated carbocycles. The van der Waals surface area contributed by atoms with E-state index in [1.165, 1.54) is 0 Å². The van der Waals surface area contributed by atoms with Crippen LogP contribution in [0.3, 0.4) is 0 Å². The molecule has 0 spiro atoms. The number of hydrogen-bond donors (Lipinski definition) is 2. The number of aliphatic hydroxyl groups excluding tert-OH is 1. The average molecular weight is 188 g/mol. The van der Waals surface area contributed by atoms with Gasteiger partial charge < -0.3 is 10.2 Å². The predicted octanol–water partition coefficient (Wildman–Crippen LogP) is 2.19. The zero-order chi connectivity index (χ0) is 10.6. The van der Waals surface area contributed by atoms with Gasteiger partial charge in [-0.3, -0.25) is 0 Å². The summed E-state index contributed by atoms with van der Waals surface area (Å²) in [7, 11) is 0. The molecular formula is C11H24O2. The Morgan fingerprint density at radius 1 is 1.15 bits per heavy atom. The largest absolute Gasteiger partial charge is 0.393 e. The van der Waals surface area contributed by atoms with Gasteiger partial charge in [-0.05, 0) is 18.8 Å². The molecule has 80 valence electrons. The molecule has 0 bridgehead atoms. The second-order valence-corrected chi connectivity index (χ2v) is 4.26. The first-order valence-corrected chi connectivity index (χ1v) is 5.30. The van der Waals surface area contributed by atoms with Crippen molar-refractivity contribution in [1.82, 2.24) is 0 Å². The van der Waals surface area contributed by atoms with Crippen LogP contribution < -0.4 is 0 Å². The normalized spacial score (nSPS) is 21.2. The fourth-order valence-corrected chi connectivity index (χ4v) is 1.94. The van der Waals surface area contributed by atoms with Crippen molar-refractivity contribution in [3.8, 4) is 0 Å². The Kier molecular flexibility index (Phi) is 4.93. The Hall–Kier alpha value is -0.0800. The lowest BCUT2D eigenvalue weighted by molar-refractivity contribution is -0.0973. The SMILES string of the molecule is CC[C@@H](O)[C@H](C)[C@@](O)(CC)C(C)C. The van der Waals surface area contributed by atoms with Crippen molar-refractivity contribution in [2.45, 2.75) is 59.2 Å². The first-order chi connectivity index (χ1) is 5.90. The molecule has 2 N–H and O–H groups in total. The summed E-state index contributed by atoms with van der Waals surface area (Å²) >= 11 is 0. The van der Waals surface area contributed by atoms with Crippen LogP contribution in [-0.4, -0.2) is 21.9 Å². The van der Waals surface area contributed by atoms with Crippen LogP contribution in [0.15, 0.2) is 0 Å². The van der Waals surface area contributed by atoms with Crippen molar-refractivity contribution < 1.29 is 10.2 Å². The van der Waals surface area contributed by atoms with E-state index in [-0.39, 0.29) is 11.8 Å². The molecule has 0 aromatic heterocycles. The Balaban J connectivity index is 4.55. The van der Waals surface area contributed by atoms with Crippen molar-refractivity contribution in [2.75, 3.05) is 0 Å². The Morgan fingerprint density at radius 2 is 1.62 bits per heavy atom. The number of rotatable bonds is 5. The molecule has 0 heterocycles. The van der Waals surface area contributed by atoms with E-state index in [2.05, 4.69) is 0 Å². The minimum absolute atomic E-state index is 0.0532. The topological polar surface area (TPSA) is 40.5 Å². The summed E-state index contributed by atoms with van der Waals surface area (Å²) < 4.78 is 0. The zero-order valence-electron chi connectivity index (χ0n) is 9.54. The van der Waals surface area contributed by atoms with Gasteiger partial charge in [0, 0.05) is 5.92 Å². The summed E-state index contributed by atoms with van der Waals surface area (Å²) in [5, 5.41) is 20.0. The van der Waals surface area contributed by atoms with Crippen molar-refractivity contribution in [2.24, 2.45) is 11.8 Å². The molecular weight excluding hydrogens is 164 g/mol. The molecule has 0 rings (SSSR count). The van der Waals surface area contributed by atoms with E-state index < -0.39 is 11.7 Å². The van der Waals surface area contributed by atoms with Gasteiger partial charge in [0.05, 0.1) is 11.7 Å². The highest BCUT2D eigenvalue weighted by molar-refractivity contribution is 4.88. The fraction of sp³-hybridized carbons (Fsp3) is 1.00. The second kappa shape index (κ2) is 4.97. The highest BCUT2D eigenvalue weighted by Gasteiger charge is 2.38. The molecule has 13 heavy (non-hydrogen) atoms. The molecule has 0 aliphatic carbocycles. The lowest BCUT2D eigenvalue weighted by Crippen LogP contribution is -2.46. The second-order valence-electron chi connectivity index (χ2n) is 4.26. The minimum Gasteiger partial charge on any atom is -0.393 e. The van der Waals surface area contributed by atoms with E-state index in [0.717, 1.165) is 0 Å². The van der Waals surface area contributed by atoms with Crippen LogP contribution in [0.5, 0.6) is 0 Å². The molecule has 0 radical (unpaired) electrons. The summed E-state index contributed by atoms with van der Waals surface area (Å²) in [5.41, 5.74) is -0.727. The maximum atomic E-state index is 10.3. The minimum atomic E-state index is -0.727. The van der Waals surface area contributed by atoms with Crippen LogP contribution >= 0.6 is 0 Å². The quantitative estimate of drug-likeness (QED) is 0.694. The lowest BCUT2D eigenvalue weighted by Gasteiger charge is -2.39. The highest BCUT2D eigenvalue weighted by Crippen LogP contribution is 2.32. The number of aliphatic hydroxyl groups is 2. The molecule has 0 aromatic rings. The van der Waals surface area contributed by atoms with E-state index in [1.807, 2.05) is 34.6 Å². The van der Waals surface area contributed by atoms with E-state index in [4.69, 9.17) is 0 Å². The maximum absolute atomic E-state index is 10.3. The highest BCUT2D eigenvalue weighted by atomic mass is 16.3. The zero-order valence-corrected chi connectivity index (χ0v) is 9.54. The molecule has 0 fully saturated rings. The standard InChI is InChI=1S/C11H24O2/c1-6-10(12)9(5)11(13,7-2)8(3)4/h8-10,12-13H,6-7H2,1-5H3/t9-,10+,11+/m0/s1. The van der Waals surface area contributed by atoms with Gasteiger partial charge in [-0.25, -0.2) is 0 Å². The third kappa shape index (κ3) is 2.68. The van der Waals surface area contributed by atoms with E-state index in [9.17, 15) is 10.2 Å². The van der Waals surface area contributed by atoms with Crippen molar-refractivity contribution >= 4 is 0 Å². The molecule has 0 saturated heterocycles. The average Bonchev–Trinajstić information content (AvgIpc) is 2.13. The molecule has 0 aromatic carbocycles. The van der Waals surface area contributed by atoms with E-state index >= 15 is 0 Å². The van der Waals surface area contributed by atoms with Gasteiger partial charge in [-0.2, -0.15) is 0 Å². The Labute approximate surface area is 82.0 Å². The van der Waals surface area contributed by atoms with Crippen LogP contribution in [0.4, 0.5) is 0 Å². The van der Waals surface area contributed by atoms with Crippen LogP contribution in [0.2, 0.25) is 0 Å². The molecule has 0 amide bonds. The van der Waals surface area contributed by atoms with Gasteiger partial charge >= 0.3 is 0 Å². The van der Waals surface area contributed by atoms with Gasteiger partial charge in [0.25, 0.3) is 0 Å². The van der Waals surface area contributed by atoms with Crippen LogP contribution in [0.1, 0.15) is 47.5 Å². The monoisotopic (exact) mass is 188 g/mol. The molecule has 0 aliphatic rings. The van der Waals surface area contributed by atoms with Gasteiger partial charge in [-0.15, -0.1) is 0 Å². The number of hydrogen-bond acceptors (Lipinski definition) is 2. The Morgan fingerprint density at radius 3 is 1.85 bits per heavy atom. The summed E-state index contributed by atoms with van der Waals surface area (Å²) in [6, 6.07) is 0. The predicted molar refractivity (Wildman–Crippen MR) is 55.5 cm³/mol. The van der Waals surface area contributed by atoms with Crippen LogP contribution in [0, 0.1) is 11.8 Å². The van der Waals surface area contributed by atoms with Gasteiger partial charge in [0.15, 0.2) is 0 Å². The third-order valence-electron chi connectivity index (χ3n) is 3.35. The summed E-state index contributed by atoms with van der Waals surface area (Å²) in [6.07, 6.45) is 1.01. The van der Waals surface area contributed by atoms with Gasteiger partial charge in [0.2, 0.25) is 0 Å². The van der Waals surface area contributed by atoms with Crippen LogP contribution in [-0.2, 0) is 0 Å². The van der Waals surface area contributed by atoms with Crippen molar-refractivity contribution in [3.05, 3.63) is 0 Å². The maximum Gasteiger partial charge on any atom is 0.0717 e. The van der Waals surface area contributed by atoms with Gasteiger partial charge in [-0.1, -0.05) is 34.6 Å². The molecule has 0 unspecified atom stereocenters. The molecule has 2 nitrogen and oxygen atoms in total. The first-order valence-electron chi connectivity index (χ1n) is 5.30. The van der Waals surface area contributed by atoms with Crippen molar-refractivity contribution in [1.29, 1.82) is 0 Å². The fourth-order valence-electron chi connectivity index (χ4n) is 1.94. The summed E-state index contributed by atoms with van der Waals surface area (Å²) in [6.45, 7) is 9.85. The third-order valence-corrected chi connectivity index (χ3v) is 3.35. The first kappa shape index (κ1) is 12.9. The Bertz CT molecular complexity index is 145. The van der Waals surface area contributed by atoms with E-state index in [0.29, 0.717) is 12.8 Å². The summed E-state index contributed by atoms with van der Waals surface area (Å²) in [4.78, 5) is 0. The molecule has 0 aliphatic heterocycles. The smallest absolute Gasteiger partial charge is 0.0717 e. The van der Waals surface area contributed by atoms with Crippen molar-refractivity contribution in [3.63, 3.8) is 0 Å². The van der Waals surface area contributed by atoms with E-state index in [1.54, 1.807) is 0 Å².